The minimum absolute atomic E-state index is 0.0414. The van der Waals surface area contributed by atoms with Crippen molar-refractivity contribution >= 4 is 16.8 Å². The van der Waals surface area contributed by atoms with E-state index in [0.717, 1.165) is 38.0 Å². The monoisotopic (exact) mass is 378 g/mol. The van der Waals surface area contributed by atoms with Crippen molar-refractivity contribution in [1.82, 2.24) is 0 Å². The molecule has 0 saturated heterocycles. The molecule has 0 rings (SSSR count). The van der Waals surface area contributed by atoms with Crippen LogP contribution in [0.2, 0.25) is 0 Å². The summed E-state index contributed by atoms with van der Waals surface area (Å²) in [6.07, 6.45) is 29.1. The zero-order chi connectivity index (χ0) is 19.5. The number of rotatable bonds is 16. The number of halogens is 1. The van der Waals surface area contributed by atoms with E-state index in [2.05, 4.69) is 62.5 Å². The molecule has 0 aliphatic rings. The molecule has 0 radical (unpaired) electrons. The summed E-state index contributed by atoms with van der Waals surface area (Å²) in [7, 11) is 0. The first-order valence-corrected chi connectivity index (χ1v) is 10.7. The predicted molar refractivity (Wildman–Crippen MR) is 118 cm³/mol. The normalized spacial score (nSPS) is 14.9. The summed E-state index contributed by atoms with van der Waals surface area (Å²) in [6, 6.07) is 0. The topological polar surface area (TPSA) is 17.1 Å². The molecular formula is C24H39ClO. The number of allylic oxidation sites excluding steroid dienone is 8. The summed E-state index contributed by atoms with van der Waals surface area (Å²) in [4.78, 5) is 10.9. The summed E-state index contributed by atoms with van der Waals surface area (Å²) in [5.74, 6) is 0.775. The zero-order valence-corrected chi connectivity index (χ0v) is 17.9. The largest absolute Gasteiger partial charge is 0.281 e. The van der Waals surface area contributed by atoms with E-state index in [-0.39, 0.29) is 11.2 Å². The van der Waals surface area contributed by atoms with Crippen LogP contribution in [0.15, 0.2) is 48.6 Å². The fourth-order valence-corrected chi connectivity index (χ4v) is 2.69. The van der Waals surface area contributed by atoms with Gasteiger partial charge in [-0.3, -0.25) is 4.79 Å². The second-order valence-corrected chi connectivity index (χ2v) is 7.58. The number of carbonyl (C=O) groups excluding carboxylic acids is 1. The van der Waals surface area contributed by atoms with E-state index in [0.29, 0.717) is 0 Å². The van der Waals surface area contributed by atoms with Gasteiger partial charge in [0.15, 0.2) is 0 Å². The maximum absolute atomic E-state index is 10.9. The van der Waals surface area contributed by atoms with E-state index in [9.17, 15) is 4.79 Å². The average molecular weight is 379 g/mol. The standard InChI is InChI=1S/C24H39ClO/c1-4-5-16-19-22(2)20-17-14-12-10-8-6-7-9-11-13-15-18-21-23(3)24(25)26/h7-10,13-15,17,22-23H,4-6,11-12,16,18-21H2,1-3H3/b9-7-,10-8-,15-13-,17-14-. The molecule has 0 saturated carbocycles. The lowest BCUT2D eigenvalue weighted by atomic mass is 10.00. The van der Waals surface area contributed by atoms with Gasteiger partial charge in [-0.2, -0.15) is 0 Å². The highest BCUT2D eigenvalue weighted by Gasteiger charge is 2.07. The SMILES string of the molecule is CCCCCC(C)C/C=C\C/C=C\C/C=C\C/C=C\CCC(C)C(=O)Cl. The van der Waals surface area contributed by atoms with Crippen LogP contribution in [-0.4, -0.2) is 5.24 Å². The first-order chi connectivity index (χ1) is 12.6. The van der Waals surface area contributed by atoms with Crippen molar-refractivity contribution in [3.63, 3.8) is 0 Å². The first-order valence-electron chi connectivity index (χ1n) is 10.4. The van der Waals surface area contributed by atoms with Gasteiger partial charge in [-0.15, -0.1) is 0 Å². The minimum Gasteiger partial charge on any atom is -0.281 e. The fraction of sp³-hybridized carbons (Fsp3) is 0.625. The maximum Gasteiger partial charge on any atom is 0.224 e. The summed E-state index contributed by atoms with van der Waals surface area (Å²) in [6.45, 7) is 6.49. The molecule has 1 nitrogen and oxygen atoms in total. The molecule has 148 valence electrons. The van der Waals surface area contributed by atoms with E-state index in [4.69, 9.17) is 11.6 Å². The Morgan fingerprint density at radius 3 is 1.88 bits per heavy atom. The van der Waals surface area contributed by atoms with Crippen molar-refractivity contribution < 1.29 is 4.79 Å². The highest BCUT2D eigenvalue weighted by molar-refractivity contribution is 6.63. The fourth-order valence-electron chi connectivity index (χ4n) is 2.58. The van der Waals surface area contributed by atoms with Crippen molar-refractivity contribution in [3.8, 4) is 0 Å². The Bertz CT molecular complexity index is 445. The van der Waals surface area contributed by atoms with E-state index < -0.39 is 0 Å². The van der Waals surface area contributed by atoms with Gasteiger partial charge >= 0.3 is 0 Å². The van der Waals surface area contributed by atoms with Gasteiger partial charge in [0.25, 0.3) is 0 Å². The Labute approximate surface area is 167 Å². The smallest absolute Gasteiger partial charge is 0.224 e. The Balaban J connectivity index is 3.58. The maximum atomic E-state index is 10.9. The highest BCUT2D eigenvalue weighted by atomic mass is 35.5. The molecule has 0 aromatic carbocycles. The lowest BCUT2D eigenvalue weighted by molar-refractivity contribution is -0.114. The quantitative estimate of drug-likeness (QED) is 0.150. The third-order valence-corrected chi connectivity index (χ3v) is 4.85. The van der Waals surface area contributed by atoms with Crippen LogP contribution < -0.4 is 0 Å². The molecule has 2 atom stereocenters. The lowest BCUT2D eigenvalue weighted by Crippen LogP contribution is -2.02. The van der Waals surface area contributed by atoms with Crippen molar-refractivity contribution in [2.24, 2.45) is 11.8 Å². The van der Waals surface area contributed by atoms with Gasteiger partial charge in [0.1, 0.15) is 0 Å². The van der Waals surface area contributed by atoms with Crippen molar-refractivity contribution in [3.05, 3.63) is 48.6 Å². The average Bonchev–Trinajstić information content (AvgIpc) is 2.61. The van der Waals surface area contributed by atoms with Crippen LogP contribution in [0.4, 0.5) is 0 Å². The summed E-state index contributed by atoms with van der Waals surface area (Å²) in [5, 5.41) is -0.235. The first kappa shape index (κ1) is 24.9. The molecule has 0 fully saturated rings. The van der Waals surface area contributed by atoms with Crippen LogP contribution in [0.25, 0.3) is 0 Å². The van der Waals surface area contributed by atoms with Gasteiger partial charge in [-0.25, -0.2) is 0 Å². The Morgan fingerprint density at radius 2 is 1.35 bits per heavy atom. The molecule has 0 aromatic heterocycles. The molecule has 0 amide bonds. The van der Waals surface area contributed by atoms with Gasteiger partial charge in [0.2, 0.25) is 5.24 Å². The molecule has 0 aliphatic carbocycles. The van der Waals surface area contributed by atoms with E-state index in [1.807, 2.05) is 6.92 Å². The Hall–Kier alpha value is -1.08. The van der Waals surface area contributed by atoms with E-state index in [1.54, 1.807) is 0 Å². The predicted octanol–water partition coefficient (Wildman–Crippen LogP) is 8.17. The van der Waals surface area contributed by atoms with Crippen LogP contribution in [0.3, 0.4) is 0 Å². The number of hydrogen-bond donors (Lipinski definition) is 0. The highest BCUT2D eigenvalue weighted by Crippen LogP contribution is 2.13. The van der Waals surface area contributed by atoms with Crippen LogP contribution >= 0.6 is 11.6 Å². The van der Waals surface area contributed by atoms with Gasteiger partial charge in [0.05, 0.1) is 0 Å². The Kier molecular flexibility index (Phi) is 17.9. The van der Waals surface area contributed by atoms with Crippen LogP contribution in [0, 0.1) is 11.8 Å². The summed E-state index contributed by atoms with van der Waals surface area (Å²) < 4.78 is 0. The van der Waals surface area contributed by atoms with Crippen molar-refractivity contribution in [2.45, 2.75) is 85.0 Å². The van der Waals surface area contributed by atoms with Crippen molar-refractivity contribution in [1.29, 1.82) is 0 Å². The molecule has 0 bridgehead atoms. The third-order valence-electron chi connectivity index (χ3n) is 4.48. The lowest BCUT2D eigenvalue weighted by Gasteiger charge is -2.06. The molecular weight excluding hydrogens is 340 g/mol. The van der Waals surface area contributed by atoms with Gasteiger partial charge in [-0.05, 0) is 56.0 Å². The Morgan fingerprint density at radius 1 is 0.808 bits per heavy atom. The van der Waals surface area contributed by atoms with Gasteiger partial charge in [0, 0.05) is 5.92 Å². The molecule has 26 heavy (non-hydrogen) atoms. The minimum atomic E-state index is -0.235. The van der Waals surface area contributed by atoms with Crippen LogP contribution in [0.5, 0.6) is 0 Å². The third kappa shape index (κ3) is 17.7. The van der Waals surface area contributed by atoms with Gasteiger partial charge < -0.3 is 0 Å². The summed E-state index contributed by atoms with van der Waals surface area (Å²) >= 11 is 5.43. The molecule has 2 unspecified atom stereocenters. The zero-order valence-electron chi connectivity index (χ0n) is 17.1. The second kappa shape index (κ2) is 18.7. The molecule has 0 N–H and O–H groups in total. The molecule has 0 aliphatic heterocycles. The number of carbonyl (C=O) groups is 1. The summed E-state index contributed by atoms with van der Waals surface area (Å²) in [5.41, 5.74) is 0. The number of unbranched alkanes of at least 4 members (excludes halogenated alkanes) is 2. The van der Waals surface area contributed by atoms with Crippen LogP contribution in [-0.2, 0) is 4.79 Å². The van der Waals surface area contributed by atoms with E-state index in [1.165, 1.54) is 32.1 Å². The van der Waals surface area contributed by atoms with Gasteiger partial charge in [-0.1, -0.05) is 95.1 Å². The molecule has 0 spiro atoms. The van der Waals surface area contributed by atoms with Crippen LogP contribution in [0.1, 0.15) is 85.0 Å². The van der Waals surface area contributed by atoms with E-state index >= 15 is 0 Å². The number of hydrogen-bond acceptors (Lipinski definition) is 1. The molecule has 0 heterocycles. The van der Waals surface area contributed by atoms with Crippen molar-refractivity contribution in [2.75, 3.05) is 0 Å². The molecule has 0 aromatic rings. The second-order valence-electron chi connectivity index (χ2n) is 7.21. The molecule has 2 heteroatoms.